The standard InChI is InChI=1S/C21H26N4O.2ClH/c1-15-4-6-17(7-5-15)20(22)21(26)23-18-9-8-16-10-11-25(19(16)14-18)13-12-24(2)3;;/h4-11,14,20H,12-13,22H2,1-3H3,(H,23,26);2*1H. The maximum atomic E-state index is 12.5. The first-order valence-electron chi connectivity index (χ1n) is 8.80. The monoisotopic (exact) mass is 422 g/mol. The molecule has 0 aliphatic heterocycles. The molecule has 0 bridgehead atoms. The molecule has 3 rings (SSSR count). The number of rotatable bonds is 6. The Morgan fingerprint density at radius 3 is 2.43 bits per heavy atom. The number of fused-ring (bicyclic) bond motifs is 1. The molecule has 0 aliphatic carbocycles. The van der Waals surface area contributed by atoms with E-state index in [1.54, 1.807) is 0 Å². The van der Waals surface area contributed by atoms with Crippen LogP contribution in [0.2, 0.25) is 0 Å². The Morgan fingerprint density at radius 2 is 1.79 bits per heavy atom. The first-order chi connectivity index (χ1) is 12.4. The van der Waals surface area contributed by atoms with Crippen LogP contribution in [0.3, 0.4) is 0 Å². The molecule has 0 saturated carbocycles. The minimum Gasteiger partial charge on any atom is -0.346 e. The van der Waals surface area contributed by atoms with Gasteiger partial charge in [-0.25, -0.2) is 0 Å². The summed E-state index contributed by atoms with van der Waals surface area (Å²) in [6, 6.07) is 15.1. The van der Waals surface area contributed by atoms with Gasteiger partial charge in [-0.15, -0.1) is 24.8 Å². The Labute approximate surface area is 178 Å². The van der Waals surface area contributed by atoms with Crippen molar-refractivity contribution in [3.8, 4) is 0 Å². The molecule has 0 aliphatic rings. The minimum absolute atomic E-state index is 0. The van der Waals surface area contributed by atoms with Crippen molar-refractivity contribution in [3.63, 3.8) is 0 Å². The zero-order valence-electron chi connectivity index (χ0n) is 16.4. The lowest BCUT2D eigenvalue weighted by Gasteiger charge is -2.14. The fourth-order valence-electron chi connectivity index (χ4n) is 2.91. The Hall–Kier alpha value is -2.05. The SMILES string of the molecule is Cc1ccc(C(N)C(=O)Nc2ccc3ccn(CCN(C)C)c3c2)cc1.Cl.Cl. The minimum atomic E-state index is -0.688. The van der Waals surface area contributed by atoms with Crippen LogP contribution in [-0.4, -0.2) is 36.0 Å². The van der Waals surface area contributed by atoms with Crippen LogP contribution in [0.25, 0.3) is 10.9 Å². The Bertz CT molecular complexity index is 906. The highest BCUT2D eigenvalue weighted by Gasteiger charge is 2.16. The summed E-state index contributed by atoms with van der Waals surface area (Å²) >= 11 is 0. The van der Waals surface area contributed by atoms with Crippen molar-refractivity contribution < 1.29 is 4.79 Å². The Balaban J connectivity index is 0.00000196. The smallest absolute Gasteiger partial charge is 0.245 e. The third-order valence-corrected chi connectivity index (χ3v) is 4.55. The fourth-order valence-corrected chi connectivity index (χ4v) is 2.91. The van der Waals surface area contributed by atoms with Crippen LogP contribution in [0.1, 0.15) is 17.2 Å². The number of hydrogen-bond acceptors (Lipinski definition) is 3. The van der Waals surface area contributed by atoms with E-state index in [0.717, 1.165) is 40.8 Å². The highest BCUT2D eigenvalue weighted by atomic mass is 35.5. The second-order valence-electron chi connectivity index (χ2n) is 6.96. The van der Waals surface area contributed by atoms with E-state index >= 15 is 0 Å². The number of likely N-dealkylation sites (N-methyl/N-ethyl adjacent to an activating group) is 1. The second-order valence-corrected chi connectivity index (χ2v) is 6.96. The van der Waals surface area contributed by atoms with Crippen LogP contribution in [0.15, 0.2) is 54.7 Å². The van der Waals surface area contributed by atoms with E-state index in [-0.39, 0.29) is 30.7 Å². The van der Waals surface area contributed by atoms with Gasteiger partial charge in [0.1, 0.15) is 6.04 Å². The molecule has 7 heteroatoms. The molecular formula is C21H28Cl2N4O. The summed E-state index contributed by atoms with van der Waals surface area (Å²) in [7, 11) is 4.12. The second kappa shape index (κ2) is 10.5. The summed E-state index contributed by atoms with van der Waals surface area (Å²) in [6.45, 7) is 3.87. The lowest BCUT2D eigenvalue weighted by Crippen LogP contribution is -2.27. The number of nitrogens with two attached hydrogens (primary N) is 1. The van der Waals surface area contributed by atoms with Crippen molar-refractivity contribution in [3.05, 3.63) is 65.9 Å². The topological polar surface area (TPSA) is 63.3 Å². The van der Waals surface area contributed by atoms with E-state index in [0.29, 0.717) is 0 Å². The van der Waals surface area contributed by atoms with Gasteiger partial charge in [-0.05, 0) is 50.2 Å². The maximum Gasteiger partial charge on any atom is 0.245 e. The number of carbonyl (C=O) groups is 1. The highest BCUT2D eigenvalue weighted by molar-refractivity contribution is 5.97. The zero-order valence-corrected chi connectivity index (χ0v) is 18.0. The van der Waals surface area contributed by atoms with Crippen LogP contribution < -0.4 is 11.1 Å². The normalized spacial score (nSPS) is 11.6. The number of halogens is 2. The Kier molecular flexibility index (Phi) is 8.98. The van der Waals surface area contributed by atoms with E-state index in [9.17, 15) is 4.79 Å². The van der Waals surface area contributed by atoms with Crippen molar-refractivity contribution in [2.45, 2.75) is 19.5 Å². The third-order valence-electron chi connectivity index (χ3n) is 4.55. The molecule has 1 atom stereocenters. The average molecular weight is 423 g/mol. The molecule has 0 fully saturated rings. The molecule has 1 aromatic heterocycles. The largest absolute Gasteiger partial charge is 0.346 e. The number of hydrogen-bond donors (Lipinski definition) is 2. The lowest BCUT2D eigenvalue weighted by atomic mass is 10.1. The lowest BCUT2D eigenvalue weighted by molar-refractivity contribution is -0.117. The van der Waals surface area contributed by atoms with Gasteiger partial charge in [-0.2, -0.15) is 0 Å². The van der Waals surface area contributed by atoms with Gasteiger partial charge in [-0.1, -0.05) is 35.9 Å². The molecule has 0 saturated heterocycles. The van der Waals surface area contributed by atoms with Crippen LogP contribution in [0, 0.1) is 6.92 Å². The Morgan fingerprint density at radius 1 is 1.11 bits per heavy atom. The van der Waals surface area contributed by atoms with Crippen molar-refractivity contribution in [2.24, 2.45) is 5.73 Å². The molecule has 0 spiro atoms. The van der Waals surface area contributed by atoms with E-state index in [4.69, 9.17) is 5.73 Å². The number of amides is 1. The quantitative estimate of drug-likeness (QED) is 0.630. The fraction of sp³-hybridized carbons (Fsp3) is 0.286. The van der Waals surface area contributed by atoms with Crippen LogP contribution in [0.4, 0.5) is 5.69 Å². The summed E-state index contributed by atoms with van der Waals surface area (Å²) in [5.74, 6) is -0.209. The number of nitrogens with one attached hydrogen (secondary N) is 1. The molecule has 3 N–H and O–H groups in total. The van der Waals surface area contributed by atoms with E-state index in [1.807, 2.05) is 49.4 Å². The van der Waals surface area contributed by atoms with Crippen LogP contribution in [0.5, 0.6) is 0 Å². The van der Waals surface area contributed by atoms with E-state index in [1.165, 1.54) is 0 Å². The number of aromatic nitrogens is 1. The maximum absolute atomic E-state index is 12.5. The molecule has 3 aromatic rings. The molecule has 1 heterocycles. The van der Waals surface area contributed by atoms with Crippen LogP contribution in [-0.2, 0) is 11.3 Å². The summed E-state index contributed by atoms with van der Waals surface area (Å²) in [4.78, 5) is 14.7. The van der Waals surface area contributed by atoms with E-state index < -0.39 is 6.04 Å². The van der Waals surface area contributed by atoms with Crippen molar-refractivity contribution in [1.29, 1.82) is 0 Å². The highest BCUT2D eigenvalue weighted by Crippen LogP contribution is 2.22. The number of benzene rings is 2. The van der Waals surface area contributed by atoms with Gasteiger partial charge < -0.3 is 20.5 Å². The van der Waals surface area contributed by atoms with Crippen molar-refractivity contribution >= 4 is 47.3 Å². The number of anilines is 1. The number of carbonyl (C=O) groups excluding carboxylic acids is 1. The molecular weight excluding hydrogens is 395 g/mol. The molecule has 2 aromatic carbocycles. The average Bonchev–Trinajstić information content (AvgIpc) is 3.02. The molecule has 1 unspecified atom stereocenters. The van der Waals surface area contributed by atoms with E-state index in [2.05, 4.69) is 41.1 Å². The van der Waals surface area contributed by atoms with Crippen LogP contribution >= 0.6 is 24.8 Å². The van der Waals surface area contributed by atoms with Gasteiger partial charge in [0.15, 0.2) is 0 Å². The van der Waals surface area contributed by atoms with Gasteiger partial charge in [0.05, 0.1) is 5.52 Å². The molecule has 5 nitrogen and oxygen atoms in total. The van der Waals surface area contributed by atoms with Gasteiger partial charge in [0, 0.05) is 25.0 Å². The molecule has 1 amide bonds. The predicted octanol–water partition coefficient (Wildman–Crippen LogP) is 3.99. The van der Waals surface area contributed by atoms with Gasteiger partial charge >= 0.3 is 0 Å². The first-order valence-corrected chi connectivity index (χ1v) is 8.80. The molecule has 28 heavy (non-hydrogen) atoms. The zero-order chi connectivity index (χ0) is 18.7. The van der Waals surface area contributed by atoms with Crippen molar-refractivity contribution in [1.82, 2.24) is 9.47 Å². The van der Waals surface area contributed by atoms with Gasteiger partial charge in [0.2, 0.25) is 5.91 Å². The summed E-state index contributed by atoms with van der Waals surface area (Å²) < 4.78 is 2.20. The predicted molar refractivity (Wildman–Crippen MR) is 122 cm³/mol. The molecule has 0 radical (unpaired) electrons. The third kappa shape index (κ3) is 5.72. The van der Waals surface area contributed by atoms with Gasteiger partial charge in [-0.3, -0.25) is 4.79 Å². The number of nitrogens with zero attached hydrogens (tertiary/aromatic N) is 2. The van der Waals surface area contributed by atoms with Gasteiger partial charge in [0.25, 0.3) is 0 Å². The summed E-state index contributed by atoms with van der Waals surface area (Å²) in [5.41, 5.74) is 9.93. The van der Waals surface area contributed by atoms with Crippen molar-refractivity contribution in [2.75, 3.05) is 26.0 Å². The number of aryl methyl sites for hydroxylation is 1. The molecule has 152 valence electrons. The summed E-state index contributed by atoms with van der Waals surface area (Å²) in [5, 5.41) is 4.10. The first kappa shape index (κ1) is 24.0. The summed E-state index contributed by atoms with van der Waals surface area (Å²) in [6.07, 6.45) is 2.08.